The Morgan fingerprint density at radius 3 is 2.53 bits per heavy atom. The molecule has 7 heteroatoms. The van der Waals surface area contributed by atoms with Crippen molar-refractivity contribution < 1.29 is 14.4 Å². The lowest BCUT2D eigenvalue weighted by molar-refractivity contribution is -0.114. The number of oxime groups is 1. The molecule has 1 aromatic heterocycles. The van der Waals surface area contributed by atoms with Crippen molar-refractivity contribution in [1.29, 1.82) is 0 Å². The number of carbonyl (C=O) groups is 1. The van der Waals surface area contributed by atoms with E-state index in [1.54, 1.807) is 25.0 Å². The summed E-state index contributed by atoms with van der Waals surface area (Å²) < 4.78 is 5.91. The Balaban J connectivity index is 1.76. The van der Waals surface area contributed by atoms with Gasteiger partial charge in [-0.2, -0.15) is 0 Å². The van der Waals surface area contributed by atoms with Gasteiger partial charge in [0.15, 0.2) is 5.71 Å². The number of nitrogens with one attached hydrogen (secondary N) is 1. The minimum atomic E-state index is -0.330. The number of ether oxygens (including phenoxy) is 1. The number of amides is 1. The SMILES string of the molecule is CNC(=O)/C(=N/OC)c1cccc(C)c1COc1ccc(Sc2ccccc2)cn1. The number of hydrogen-bond donors (Lipinski definition) is 1. The van der Waals surface area contributed by atoms with Crippen LogP contribution in [0.25, 0.3) is 0 Å². The van der Waals surface area contributed by atoms with Gasteiger partial charge in [-0.25, -0.2) is 4.98 Å². The molecule has 154 valence electrons. The lowest BCUT2D eigenvalue weighted by atomic mass is 9.98. The maximum Gasteiger partial charge on any atom is 0.273 e. The summed E-state index contributed by atoms with van der Waals surface area (Å²) >= 11 is 1.64. The fraction of sp³-hybridized carbons (Fsp3) is 0.174. The molecule has 0 saturated carbocycles. The topological polar surface area (TPSA) is 72.8 Å². The second kappa shape index (κ2) is 10.5. The second-order valence-electron chi connectivity index (χ2n) is 6.34. The monoisotopic (exact) mass is 421 g/mol. The summed E-state index contributed by atoms with van der Waals surface area (Å²) in [4.78, 5) is 23.7. The third-order valence-electron chi connectivity index (χ3n) is 4.34. The zero-order valence-corrected chi connectivity index (χ0v) is 17.9. The summed E-state index contributed by atoms with van der Waals surface area (Å²) in [5, 5.41) is 6.49. The van der Waals surface area contributed by atoms with Crippen LogP contribution in [-0.4, -0.2) is 30.8 Å². The molecule has 1 amide bonds. The number of aryl methyl sites for hydroxylation is 1. The maximum atomic E-state index is 12.3. The van der Waals surface area contributed by atoms with Crippen molar-refractivity contribution in [1.82, 2.24) is 10.3 Å². The van der Waals surface area contributed by atoms with Gasteiger partial charge in [-0.3, -0.25) is 4.79 Å². The molecule has 0 atom stereocenters. The van der Waals surface area contributed by atoms with Crippen molar-refractivity contribution in [2.75, 3.05) is 14.2 Å². The van der Waals surface area contributed by atoms with Crippen molar-refractivity contribution in [2.45, 2.75) is 23.3 Å². The predicted molar refractivity (Wildman–Crippen MR) is 118 cm³/mol. The first-order valence-corrected chi connectivity index (χ1v) is 10.2. The minimum absolute atomic E-state index is 0.199. The molecule has 0 aliphatic rings. The Morgan fingerprint density at radius 1 is 1.07 bits per heavy atom. The van der Waals surface area contributed by atoms with Gasteiger partial charge in [-0.05, 0) is 30.7 Å². The molecule has 0 saturated heterocycles. The molecule has 30 heavy (non-hydrogen) atoms. The lowest BCUT2D eigenvalue weighted by Gasteiger charge is -2.14. The summed E-state index contributed by atoms with van der Waals surface area (Å²) in [6.07, 6.45) is 1.79. The summed E-state index contributed by atoms with van der Waals surface area (Å²) in [5.74, 6) is 0.177. The van der Waals surface area contributed by atoms with Crippen LogP contribution in [0.2, 0.25) is 0 Å². The van der Waals surface area contributed by atoms with E-state index in [-0.39, 0.29) is 18.2 Å². The highest BCUT2D eigenvalue weighted by Crippen LogP contribution is 2.27. The van der Waals surface area contributed by atoms with Gasteiger partial charge in [-0.1, -0.05) is 53.3 Å². The van der Waals surface area contributed by atoms with Gasteiger partial charge < -0.3 is 14.9 Å². The molecule has 3 rings (SSSR count). The molecule has 0 bridgehead atoms. The van der Waals surface area contributed by atoms with Crippen molar-refractivity contribution in [3.8, 4) is 5.88 Å². The van der Waals surface area contributed by atoms with Gasteiger partial charge in [0.2, 0.25) is 5.88 Å². The smallest absolute Gasteiger partial charge is 0.273 e. The van der Waals surface area contributed by atoms with E-state index in [9.17, 15) is 4.79 Å². The van der Waals surface area contributed by atoms with Crippen LogP contribution in [0, 0.1) is 6.92 Å². The first-order valence-electron chi connectivity index (χ1n) is 9.36. The fourth-order valence-corrected chi connectivity index (χ4v) is 3.63. The van der Waals surface area contributed by atoms with Gasteiger partial charge in [0, 0.05) is 40.2 Å². The van der Waals surface area contributed by atoms with E-state index in [1.807, 2.05) is 55.5 Å². The van der Waals surface area contributed by atoms with Crippen LogP contribution in [-0.2, 0) is 16.2 Å². The standard InChI is InChI=1S/C23H23N3O3S/c1-16-8-7-11-19(22(26-28-3)23(27)24-2)20(16)15-29-21-13-12-18(14-25-21)30-17-9-5-4-6-10-17/h4-14H,15H2,1-3H3,(H,24,27)/b26-22+. The number of nitrogens with zero attached hydrogens (tertiary/aromatic N) is 2. The zero-order valence-electron chi connectivity index (χ0n) is 17.1. The Kier molecular flexibility index (Phi) is 7.45. The van der Waals surface area contributed by atoms with Crippen LogP contribution in [0.4, 0.5) is 0 Å². The molecule has 1 N–H and O–H groups in total. The van der Waals surface area contributed by atoms with Crippen LogP contribution >= 0.6 is 11.8 Å². The normalized spacial score (nSPS) is 11.1. The van der Waals surface area contributed by atoms with Crippen molar-refractivity contribution in [2.24, 2.45) is 5.16 Å². The molecule has 0 fully saturated rings. The molecule has 0 unspecified atom stereocenters. The largest absolute Gasteiger partial charge is 0.473 e. The van der Waals surface area contributed by atoms with Crippen LogP contribution in [0.1, 0.15) is 16.7 Å². The first-order chi connectivity index (χ1) is 14.6. The molecule has 1 heterocycles. The van der Waals surface area contributed by atoms with Crippen LogP contribution < -0.4 is 10.1 Å². The molecular formula is C23H23N3O3S. The molecular weight excluding hydrogens is 398 g/mol. The summed E-state index contributed by atoms with van der Waals surface area (Å²) in [6, 6.07) is 19.6. The quantitative estimate of drug-likeness (QED) is 0.436. The van der Waals surface area contributed by atoms with Crippen molar-refractivity contribution in [3.63, 3.8) is 0 Å². The van der Waals surface area contributed by atoms with E-state index in [0.29, 0.717) is 11.4 Å². The average molecular weight is 422 g/mol. The van der Waals surface area contributed by atoms with E-state index in [1.165, 1.54) is 7.11 Å². The van der Waals surface area contributed by atoms with E-state index in [0.717, 1.165) is 20.9 Å². The molecule has 0 aliphatic heterocycles. The zero-order chi connectivity index (χ0) is 21.3. The van der Waals surface area contributed by atoms with Crippen LogP contribution in [0.3, 0.4) is 0 Å². The number of hydrogen-bond acceptors (Lipinski definition) is 6. The highest BCUT2D eigenvalue weighted by molar-refractivity contribution is 7.99. The van der Waals surface area contributed by atoms with Gasteiger partial charge in [-0.15, -0.1) is 0 Å². The second-order valence-corrected chi connectivity index (χ2v) is 7.49. The maximum absolute atomic E-state index is 12.3. The van der Waals surface area contributed by atoms with Gasteiger partial charge in [0.1, 0.15) is 13.7 Å². The lowest BCUT2D eigenvalue weighted by Crippen LogP contribution is -2.29. The summed E-state index contributed by atoms with van der Waals surface area (Å²) in [5.41, 5.74) is 2.69. The van der Waals surface area contributed by atoms with Crippen LogP contribution in [0.15, 0.2) is 81.8 Å². The average Bonchev–Trinajstić information content (AvgIpc) is 2.78. The third-order valence-corrected chi connectivity index (χ3v) is 5.33. The van der Waals surface area contributed by atoms with Crippen molar-refractivity contribution in [3.05, 3.63) is 83.6 Å². The van der Waals surface area contributed by atoms with Crippen molar-refractivity contribution >= 4 is 23.4 Å². The van der Waals surface area contributed by atoms with E-state index < -0.39 is 0 Å². The molecule has 6 nitrogen and oxygen atoms in total. The molecule has 0 spiro atoms. The number of pyridine rings is 1. The number of likely N-dealkylation sites (N-methyl/N-ethyl adjacent to an activating group) is 1. The number of rotatable bonds is 8. The molecule has 2 aromatic carbocycles. The van der Waals surface area contributed by atoms with Crippen LogP contribution in [0.5, 0.6) is 5.88 Å². The number of benzene rings is 2. The van der Waals surface area contributed by atoms with Gasteiger partial charge in [0.05, 0.1) is 0 Å². The minimum Gasteiger partial charge on any atom is -0.473 e. The Bertz CT molecular complexity index is 1020. The summed E-state index contributed by atoms with van der Waals surface area (Å²) in [7, 11) is 2.96. The van der Waals surface area contributed by atoms with E-state index in [4.69, 9.17) is 9.57 Å². The predicted octanol–water partition coefficient (Wildman–Crippen LogP) is 4.22. The van der Waals surface area contributed by atoms with Gasteiger partial charge in [0.25, 0.3) is 5.91 Å². The summed E-state index contributed by atoms with van der Waals surface area (Å²) in [6.45, 7) is 2.21. The third kappa shape index (κ3) is 5.39. The Hall–Kier alpha value is -3.32. The van der Waals surface area contributed by atoms with Gasteiger partial charge >= 0.3 is 0 Å². The molecule has 0 aliphatic carbocycles. The molecule has 3 aromatic rings. The molecule has 0 radical (unpaired) electrons. The highest BCUT2D eigenvalue weighted by Gasteiger charge is 2.19. The van der Waals surface area contributed by atoms with E-state index in [2.05, 4.69) is 27.6 Å². The van der Waals surface area contributed by atoms with E-state index >= 15 is 0 Å². The highest BCUT2D eigenvalue weighted by atomic mass is 32.2. The Morgan fingerprint density at radius 2 is 1.87 bits per heavy atom. The number of aromatic nitrogens is 1. The fourth-order valence-electron chi connectivity index (χ4n) is 2.82. The first kappa shape index (κ1) is 21.4. The Labute approximate surface area is 180 Å². The number of carbonyl (C=O) groups excluding carboxylic acids is 1.